The molecule has 7 rings (SSSR count). The van der Waals surface area contributed by atoms with Gasteiger partial charge in [-0.1, -0.05) is 51.8 Å². The number of hydrogen-bond acceptors (Lipinski definition) is 6. The van der Waals surface area contributed by atoms with Crippen LogP contribution in [0, 0.1) is 29.1 Å². The maximum Gasteiger partial charge on any atom is 0.241 e. The van der Waals surface area contributed by atoms with Crippen molar-refractivity contribution in [3.05, 3.63) is 94.5 Å². The number of phenols is 1. The predicted molar refractivity (Wildman–Crippen MR) is 162 cm³/mol. The largest absolute Gasteiger partial charge is 0.508 e. The highest BCUT2D eigenvalue weighted by Crippen LogP contribution is 2.65. The van der Waals surface area contributed by atoms with Gasteiger partial charge < -0.3 is 9.84 Å². The average molecular weight is 642 g/mol. The Bertz CT molecular complexity index is 1720. The van der Waals surface area contributed by atoms with Crippen molar-refractivity contribution in [3.63, 3.8) is 0 Å². The number of hydrogen-bond donors (Lipinski definition) is 1. The second-order valence-corrected chi connectivity index (χ2v) is 12.8. The van der Waals surface area contributed by atoms with E-state index in [0.29, 0.717) is 29.1 Å². The number of imide groups is 2. The Kier molecular flexibility index (Phi) is 6.36. The molecule has 6 atom stereocenters. The Balaban J connectivity index is 1.40. The second-order valence-electron chi connectivity index (χ2n) is 11.9. The van der Waals surface area contributed by atoms with Gasteiger partial charge in [-0.25, -0.2) is 4.90 Å². The van der Waals surface area contributed by atoms with Gasteiger partial charge in [-0.05, 0) is 74.2 Å². The molecule has 4 amide bonds. The first-order valence-electron chi connectivity index (χ1n) is 14.3. The number of anilines is 2. The number of benzene rings is 3. The van der Waals surface area contributed by atoms with Crippen LogP contribution in [0.15, 0.2) is 88.9 Å². The van der Waals surface area contributed by atoms with Gasteiger partial charge in [-0.3, -0.25) is 24.1 Å². The third-order valence-corrected chi connectivity index (χ3v) is 10.5. The number of rotatable bonds is 4. The van der Waals surface area contributed by atoms with E-state index in [1.54, 1.807) is 73.7 Å². The van der Waals surface area contributed by atoms with Crippen LogP contribution in [0.4, 0.5) is 11.4 Å². The van der Waals surface area contributed by atoms with E-state index in [0.717, 1.165) is 10.0 Å². The van der Waals surface area contributed by atoms with Gasteiger partial charge in [-0.15, -0.1) is 0 Å². The topological polar surface area (TPSA) is 104 Å². The molecular formula is C34H29BrN2O6. The van der Waals surface area contributed by atoms with Crippen LogP contribution in [-0.2, 0) is 19.2 Å². The van der Waals surface area contributed by atoms with Gasteiger partial charge in [0.25, 0.3) is 0 Å². The summed E-state index contributed by atoms with van der Waals surface area (Å²) >= 11 is 3.41. The average Bonchev–Trinajstić information content (AvgIpc) is 3.38. The number of carbonyl (C=O) groups is 4. The Hall–Kier alpha value is -4.24. The maximum atomic E-state index is 14.5. The van der Waals surface area contributed by atoms with Crippen molar-refractivity contribution in [1.29, 1.82) is 0 Å². The first kappa shape index (κ1) is 27.6. The number of allylic oxidation sites excluding steroid dienone is 2. The number of nitrogens with zero attached hydrogens (tertiary/aromatic N) is 2. The molecule has 0 bridgehead atoms. The number of halogens is 1. The predicted octanol–water partition coefficient (Wildman–Crippen LogP) is 5.60. The van der Waals surface area contributed by atoms with Crippen LogP contribution in [0.1, 0.15) is 31.2 Å². The highest BCUT2D eigenvalue weighted by molar-refractivity contribution is 9.10. The maximum absolute atomic E-state index is 14.5. The van der Waals surface area contributed by atoms with Gasteiger partial charge in [0.15, 0.2) is 0 Å². The van der Waals surface area contributed by atoms with E-state index in [2.05, 4.69) is 15.9 Å². The minimum absolute atomic E-state index is 0.0586. The molecule has 2 heterocycles. The van der Waals surface area contributed by atoms with Crippen molar-refractivity contribution >= 4 is 50.9 Å². The van der Waals surface area contributed by atoms with E-state index in [9.17, 15) is 24.3 Å². The summed E-state index contributed by atoms with van der Waals surface area (Å²) in [5.74, 6) is -4.29. The summed E-state index contributed by atoms with van der Waals surface area (Å²) in [6.45, 7) is 1.79. The van der Waals surface area contributed by atoms with Crippen LogP contribution >= 0.6 is 15.9 Å². The van der Waals surface area contributed by atoms with Gasteiger partial charge in [-0.2, -0.15) is 0 Å². The van der Waals surface area contributed by atoms with Crippen molar-refractivity contribution in [2.45, 2.75) is 25.7 Å². The molecule has 0 aromatic heterocycles. The van der Waals surface area contributed by atoms with Crippen LogP contribution in [-0.4, -0.2) is 35.8 Å². The molecule has 43 heavy (non-hydrogen) atoms. The van der Waals surface area contributed by atoms with Crippen LogP contribution < -0.4 is 14.5 Å². The van der Waals surface area contributed by atoms with Crippen molar-refractivity contribution in [2.24, 2.45) is 29.1 Å². The summed E-state index contributed by atoms with van der Waals surface area (Å²) in [6.07, 6.45) is 2.51. The lowest BCUT2D eigenvalue weighted by Crippen LogP contribution is -2.49. The normalized spacial score (nSPS) is 29.7. The monoisotopic (exact) mass is 640 g/mol. The number of para-hydroxylation sites is 1. The van der Waals surface area contributed by atoms with Crippen LogP contribution in [0.25, 0.3) is 0 Å². The molecule has 4 aliphatic rings. The number of amides is 4. The Morgan fingerprint density at radius 2 is 1.53 bits per heavy atom. The fourth-order valence-corrected chi connectivity index (χ4v) is 8.26. The third-order valence-electron chi connectivity index (χ3n) is 9.93. The van der Waals surface area contributed by atoms with Gasteiger partial charge in [0, 0.05) is 16.0 Å². The molecule has 218 valence electrons. The standard InChI is InChI=1S/C34H29BrN2O6/c1-34-24(31(40)37(33(34)42)19-7-4-3-5-8-19)17-23-21(29(34)28-25(38)9-6-10-26(28)43-2)15-16-22-27(23)32(41)36(30(22)39)20-13-11-18(35)12-14-20/h3-15,22-24,27,29,38H,16-17H2,1-2H3/t22-,23+,24-,27-,29+,34+/m0/s1. The van der Waals surface area contributed by atoms with E-state index in [-0.39, 0.29) is 35.8 Å². The third kappa shape index (κ3) is 3.80. The number of phenolic OH excluding ortho intramolecular Hbond substituents is 1. The molecule has 2 aliphatic carbocycles. The summed E-state index contributed by atoms with van der Waals surface area (Å²) in [6, 6.07) is 20.8. The number of carbonyl (C=O) groups excluding carboxylic acids is 4. The molecule has 3 aromatic rings. The number of methoxy groups -OCH3 is 1. The van der Waals surface area contributed by atoms with E-state index >= 15 is 0 Å². The summed E-state index contributed by atoms with van der Waals surface area (Å²) in [5.41, 5.74) is 0.889. The molecule has 8 nitrogen and oxygen atoms in total. The Morgan fingerprint density at radius 3 is 2.23 bits per heavy atom. The second kappa shape index (κ2) is 9.91. The van der Waals surface area contributed by atoms with Crippen molar-refractivity contribution < 1.29 is 29.0 Å². The zero-order valence-corrected chi connectivity index (χ0v) is 25.2. The summed E-state index contributed by atoms with van der Waals surface area (Å²) in [4.78, 5) is 59.1. The Morgan fingerprint density at radius 1 is 0.837 bits per heavy atom. The zero-order valence-electron chi connectivity index (χ0n) is 23.6. The van der Waals surface area contributed by atoms with Crippen molar-refractivity contribution in [3.8, 4) is 11.5 Å². The van der Waals surface area contributed by atoms with Crippen LogP contribution in [0.3, 0.4) is 0 Å². The molecule has 3 aromatic carbocycles. The van der Waals surface area contributed by atoms with E-state index in [1.807, 2.05) is 12.1 Å². The summed E-state index contributed by atoms with van der Waals surface area (Å²) in [5, 5.41) is 11.3. The van der Waals surface area contributed by atoms with Crippen LogP contribution in [0.2, 0.25) is 0 Å². The van der Waals surface area contributed by atoms with Crippen molar-refractivity contribution in [1.82, 2.24) is 0 Å². The molecule has 0 spiro atoms. The summed E-state index contributed by atoms with van der Waals surface area (Å²) in [7, 11) is 1.50. The quantitative estimate of drug-likeness (QED) is 0.294. The molecular weight excluding hydrogens is 612 g/mol. The van der Waals surface area contributed by atoms with E-state index in [4.69, 9.17) is 4.74 Å². The number of ether oxygens (including phenoxy) is 1. The summed E-state index contributed by atoms with van der Waals surface area (Å²) < 4.78 is 6.53. The lowest BCUT2D eigenvalue weighted by atomic mass is 9.51. The van der Waals surface area contributed by atoms with Gasteiger partial charge in [0.05, 0.1) is 41.7 Å². The highest BCUT2D eigenvalue weighted by Gasteiger charge is 2.68. The molecule has 0 radical (unpaired) electrons. The number of fused-ring (bicyclic) bond motifs is 4. The number of aromatic hydroxyl groups is 1. The first-order chi connectivity index (χ1) is 20.7. The SMILES string of the molecule is COc1cccc(O)c1[C@H]1C2=CC[C@@H]3C(=O)N(c4ccc(Br)cc4)C(=O)[C@@H]3[C@@H]2C[C@H]2C(=O)N(c3ccccc3)C(=O)[C@@]12C. The molecule has 1 saturated carbocycles. The van der Waals surface area contributed by atoms with Crippen molar-refractivity contribution in [2.75, 3.05) is 16.9 Å². The van der Waals surface area contributed by atoms with Gasteiger partial charge in [0.1, 0.15) is 11.5 Å². The molecule has 2 aliphatic heterocycles. The molecule has 0 unspecified atom stereocenters. The lowest BCUT2D eigenvalue weighted by Gasteiger charge is -2.49. The minimum atomic E-state index is -1.27. The van der Waals surface area contributed by atoms with Gasteiger partial charge in [0.2, 0.25) is 23.6 Å². The van der Waals surface area contributed by atoms with Gasteiger partial charge >= 0.3 is 0 Å². The highest BCUT2D eigenvalue weighted by atomic mass is 79.9. The lowest BCUT2D eigenvalue weighted by molar-refractivity contribution is -0.131. The first-order valence-corrected chi connectivity index (χ1v) is 15.1. The zero-order chi connectivity index (χ0) is 30.2. The van der Waals surface area contributed by atoms with E-state index < -0.39 is 35.0 Å². The molecule has 9 heteroatoms. The minimum Gasteiger partial charge on any atom is -0.508 e. The molecule has 2 saturated heterocycles. The smallest absolute Gasteiger partial charge is 0.241 e. The Labute approximate surface area is 257 Å². The molecule has 3 fully saturated rings. The van der Waals surface area contributed by atoms with E-state index in [1.165, 1.54) is 16.9 Å². The molecule has 1 N–H and O–H groups in total. The van der Waals surface area contributed by atoms with Crippen LogP contribution in [0.5, 0.6) is 11.5 Å². The fraction of sp³-hybridized carbons (Fsp3) is 0.294. The fourth-order valence-electron chi connectivity index (χ4n) is 7.99.